The van der Waals surface area contributed by atoms with Gasteiger partial charge in [-0.15, -0.1) is 0 Å². The number of primary amides is 1. The number of hydrogen-bond donors (Lipinski definition) is 3. The fourth-order valence-electron chi connectivity index (χ4n) is 5.32. The zero-order valence-corrected chi connectivity index (χ0v) is 21.6. The molecule has 2 aromatic carbocycles. The Morgan fingerprint density at radius 1 is 1.29 bits per heavy atom. The van der Waals surface area contributed by atoms with Crippen LogP contribution in [-0.4, -0.2) is 56.5 Å². The maximum Gasteiger partial charge on any atom is 0.414 e. The summed E-state index contributed by atoms with van der Waals surface area (Å²) in [5.41, 5.74) is 14.2. The molecular formula is C27H32FN5O5. The molecule has 0 spiro atoms. The molecule has 3 amide bonds. The van der Waals surface area contributed by atoms with Crippen molar-refractivity contribution in [3.63, 3.8) is 0 Å². The molecule has 2 fully saturated rings. The molecule has 2 aliphatic rings. The van der Waals surface area contributed by atoms with E-state index in [2.05, 4.69) is 5.32 Å². The normalized spacial score (nSPS) is 19.0. The molecule has 0 saturated carbocycles. The van der Waals surface area contributed by atoms with Crippen molar-refractivity contribution in [1.29, 1.82) is 0 Å². The number of benzene rings is 2. The van der Waals surface area contributed by atoms with Gasteiger partial charge in [0.25, 0.3) is 5.91 Å². The average molecular weight is 526 g/mol. The van der Waals surface area contributed by atoms with Gasteiger partial charge >= 0.3 is 6.09 Å². The average Bonchev–Trinajstić information content (AvgIpc) is 3.20. The Kier molecular flexibility index (Phi) is 7.41. The van der Waals surface area contributed by atoms with E-state index in [4.69, 9.17) is 16.2 Å². The highest BCUT2D eigenvalue weighted by Gasteiger charge is 2.44. The lowest BCUT2D eigenvalue weighted by atomic mass is 9.74. The predicted molar refractivity (Wildman–Crippen MR) is 140 cm³/mol. The van der Waals surface area contributed by atoms with Crippen LogP contribution in [0.25, 0.3) is 0 Å². The van der Waals surface area contributed by atoms with Crippen LogP contribution in [0, 0.1) is 5.82 Å². The van der Waals surface area contributed by atoms with E-state index in [1.165, 1.54) is 17.9 Å². The second kappa shape index (κ2) is 10.4. The number of cyclic esters (lactones) is 1. The summed E-state index contributed by atoms with van der Waals surface area (Å²) in [6.07, 6.45) is -0.307. The second-order valence-corrected chi connectivity index (χ2v) is 10.2. The van der Waals surface area contributed by atoms with Crippen molar-refractivity contribution in [2.45, 2.75) is 44.8 Å². The molecule has 10 nitrogen and oxygen atoms in total. The molecular weight excluding hydrogens is 493 g/mol. The fraction of sp³-hybridized carbons (Fsp3) is 0.407. The van der Waals surface area contributed by atoms with Crippen molar-refractivity contribution in [2.75, 3.05) is 36.0 Å². The van der Waals surface area contributed by atoms with Crippen molar-refractivity contribution in [1.82, 2.24) is 5.32 Å². The summed E-state index contributed by atoms with van der Waals surface area (Å²) in [4.78, 5) is 50.4. The molecule has 202 valence electrons. The van der Waals surface area contributed by atoms with E-state index in [1.54, 1.807) is 31.2 Å². The fourth-order valence-corrected chi connectivity index (χ4v) is 5.32. The van der Waals surface area contributed by atoms with Crippen LogP contribution in [0.2, 0.25) is 0 Å². The molecule has 2 saturated heterocycles. The summed E-state index contributed by atoms with van der Waals surface area (Å²) in [7, 11) is 0. The number of halogens is 1. The van der Waals surface area contributed by atoms with Crippen molar-refractivity contribution in [3.8, 4) is 0 Å². The van der Waals surface area contributed by atoms with E-state index in [0.29, 0.717) is 35.6 Å². The highest BCUT2D eigenvalue weighted by atomic mass is 19.1. The molecule has 2 aromatic rings. The van der Waals surface area contributed by atoms with Gasteiger partial charge in [0, 0.05) is 37.9 Å². The Balaban J connectivity index is 1.57. The lowest BCUT2D eigenvalue weighted by Gasteiger charge is -2.51. The van der Waals surface area contributed by atoms with E-state index < -0.39 is 29.3 Å². The lowest BCUT2D eigenvalue weighted by molar-refractivity contribution is -0.119. The lowest BCUT2D eigenvalue weighted by Crippen LogP contribution is -2.59. The van der Waals surface area contributed by atoms with Crippen LogP contribution in [0.5, 0.6) is 0 Å². The molecule has 4 rings (SSSR count). The van der Waals surface area contributed by atoms with Gasteiger partial charge in [0.15, 0.2) is 0 Å². The molecule has 11 heteroatoms. The number of hydrogen-bond acceptors (Lipinski definition) is 7. The molecule has 2 atom stereocenters. The third-order valence-corrected chi connectivity index (χ3v) is 7.13. The standard InChI is InChI=1S/C27H32FN5O5/c1-15(29)19-5-6-21(25(30)36)24(20(19)8-9-34)32-13-27(3,14-32)22-7-4-17(10-23(22)28)33-12-18(38-26(33)37)11-31-16(2)35/h4-7,9-10,15,18H,8,11-14,29H2,1-3H3,(H2,30,36)(H,31,35)/t15?,18-/m0/s1. The number of amides is 3. The zero-order chi connectivity index (χ0) is 27.8. The SMILES string of the molecule is CC(=O)NC[C@H]1CN(c2ccc(C3(C)CN(c4c(C(N)=O)ccc(C(C)N)c4CC=O)C3)c(F)c2)C(=O)O1. The van der Waals surface area contributed by atoms with Gasteiger partial charge < -0.3 is 31.2 Å². The Morgan fingerprint density at radius 2 is 2.00 bits per heavy atom. The topological polar surface area (TPSA) is 148 Å². The zero-order valence-electron chi connectivity index (χ0n) is 21.6. The predicted octanol–water partition coefficient (Wildman–Crippen LogP) is 1.92. The van der Waals surface area contributed by atoms with Crippen molar-refractivity contribution >= 4 is 35.6 Å². The highest BCUT2D eigenvalue weighted by Crippen LogP contribution is 2.43. The number of carbonyl (C=O) groups excluding carboxylic acids is 4. The number of nitrogens with one attached hydrogen (secondary N) is 1. The van der Waals surface area contributed by atoms with Crippen molar-refractivity contribution in [2.24, 2.45) is 11.5 Å². The first-order valence-corrected chi connectivity index (χ1v) is 12.4. The first-order chi connectivity index (χ1) is 17.9. The van der Waals surface area contributed by atoms with Gasteiger partial charge in [0.1, 0.15) is 18.2 Å². The molecule has 0 aromatic heterocycles. The molecule has 0 radical (unpaired) electrons. The number of aldehydes is 1. The Labute approximate surface area is 220 Å². The minimum atomic E-state index is -0.623. The molecule has 38 heavy (non-hydrogen) atoms. The van der Waals surface area contributed by atoms with Crippen LogP contribution in [0.15, 0.2) is 30.3 Å². The maximum atomic E-state index is 15.4. The summed E-state index contributed by atoms with van der Waals surface area (Å²) in [6, 6.07) is 7.58. The van der Waals surface area contributed by atoms with E-state index in [0.717, 1.165) is 11.8 Å². The van der Waals surface area contributed by atoms with E-state index in [-0.39, 0.29) is 37.0 Å². The van der Waals surface area contributed by atoms with Crippen LogP contribution in [0.3, 0.4) is 0 Å². The van der Waals surface area contributed by atoms with Gasteiger partial charge in [0.05, 0.1) is 30.0 Å². The van der Waals surface area contributed by atoms with E-state index in [9.17, 15) is 19.2 Å². The van der Waals surface area contributed by atoms with Crippen LogP contribution < -0.4 is 26.6 Å². The highest BCUT2D eigenvalue weighted by molar-refractivity contribution is 6.00. The van der Waals surface area contributed by atoms with Gasteiger partial charge in [-0.3, -0.25) is 14.5 Å². The number of nitrogens with two attached hydrogens (primary N) is 2. The molecule has 5 N–H and O–H groups in total. The van der Waals surface area contributed by atoms with E-state index in [1.807, 2.05) is 11.8 Å². The summed E-state index contributed by atoms with van der Waals surface area (Å²) < 4.78 is 20.7. The molecule has 2 aliphatic heterocycles. The first kappa shape index (κ1) is 27.1. The molecule has 1 unspecified atom stereocenters. The van der Waals surface area contributed by atoms with Crippen LogP contribution in [0.1, 0.15) is 53.9 Å². The third kappa shape index (κ3) is 5.06. The minimum absolute atomic E-state index is 0.0679. The van der Waals surface area contributed by atoms with Crippen LogP contribution in [-0.2, 0) is 26.2 Å². The second-order valence-electron chi connectivity index (χ2n) is 10.2. The number of anilines is 2. The first-order valence-electron chi connectivity index (χ1n) is 12.4. The number of rotatable bonds is 9. The third-order valence-electron chi connectivity index (χ3n) is 7.13. The van der Waals surface area contributed by atoms with E-state index >= 15 is 4.39 Å². The Hall–Kier alpha value is -3.99. The Bertz CT molecular complexity index is 1290. The minimum Gasteiger partial charge on any atom is -0.442 e. The summed E-state index contributed by atoms with van der Waals surface area (Å²) in [6.45, 7) is 6.20. The van der Waals surface area contributed by atoms with Crippen molar-refractivity contribution < 1.29 is 28.3 Å². The van der Waals surface area contributed by atoms with Gasteiger partial charge in [-0.05, 0) is 41.8 Å². The van der Waals surface area contributed by atoms with Crippen LogP contribution >= 0.6 is 0 Å². The quantitative estimate of drug-likeness (QED) is 0.424. The molecule has 0 bridgehead atoms. The smallest absolute Gasteiger partial charge is 0.414 e. The van der Waals surface area contributed by atoms with Gasteiger partial charge in [-0.25, -0.2) is 9.18 Å². The van der Waals surface area contributed by atoms with Crippen LogP contribution in [0.4, 0.5) is 20.6 Å². The number of nitrogens with zero attached hydrogens (tertiary/aromatic N) is 2. The molecule has 2 heterocycles. The Morgan fingerprint density at radius 3 is 2.58 bits per heavy atom. The summed E-state index contributed by atoms with van der Waals surface area (Å²) in [5.74, 6) is -1.33. The maximum absolute atomic E-state index is 15.4. The number of carbonyl (C=O) groups is 4. The number of ether oxygens (including phenoxy) is 1. The van der Waals surface area contributed by atoms with Crippen molar-refractivity contribution in [3.05, 3.63) is 58.4 Å². The van der Waals surface area contributed by atoms with Gasteiger partial charge in [0.2, 0.25) is 5.91 Å². The van der Waals surface area contributed by atoms with Gasteiger partial charge in [-0.1, -0.05) is 19.1 Å². The summed E-state index contributed by atoms with van der Waals surface area (Å²) >= 11 is 0. The largest absolute Gasteiger partial charge is 0.442 e. The molecule has 0 aliphatic carbocycles. The van der Waals surface area contributed by atoms with Gasteiger partial charge in [-0.2, -0.15) is 0 Å². The summed E-state index contributed by atoms with van der Waals surface area (Å²) in [5, 5.41) is 2.61. The monoisotopic (exact) mass is 525 g/mol.